The van der Waals surface area contributed by atoms with Gasteiger partial charge in [0.15, 0.2) is 7.38 Å². The summed E-state index contributed by atoms with van der Waals surface area (Å²) < 4.78 is 0. The van der Waals surface area contributed by atoms with Crippen LogP contribution in [-0.2, 0) is 0 Å². The Morgan fingerprint density at radius 3 is 0.824 bits per heavy atom. The summed E-state index contributed by atoms with van der Waals surface area (Å²) in [6.45, 7) is 21.1. The molecule has 0 bridgehead atoms. The first-order valence-electron chi connectivity index (χ1n) is 7.25. The van der Waals surface area contributed by atoms with Gasteiger partial charge in [-0.15, -0.1) is 0 Å². The van der Waals surface area contributed by atoms with Crippen molar-refractivity contribution >= 4 is 18.5 Å². The molecule has 0 aliphatic heterocycles. The minimum absolute atomic E-state index is 0.680. The van der Waals surface area contributed by atoms with Crippen LogP contribution in [0.15, 0.2) is 0 Å². The molecule has 2 heteroatoms. The highest BCUT2D eigenvalue weighted by atomic mass is 35.6. The van der Waals surface area contributed by atoms with E-state index in [4.69, 9.17) is 11.1 Å². The molecule has 0 aromatic carbocycles. The zero-order valence-electron chi connectivity index (χ0n) is 13.3. The van der Waals surface area contributed by atoms with E-state index in [1.54, 1.807) is 0 Å². The zero-order chi connectivity index (χ0) is 14.0. The minimum Gasteiger partial charge on any atom is -0.166 e. The summed E-state index contributed by atoms with van der Waals surface area (Å²) in [5.74, 6) is 2.09. The molecule has 0 heterocycles. The Morgan fingerprint density at radius 2 is 0.706 bits per heavy atom. The highest BCUT2D eigenvalue weighted by Gasteiger charge is 2.49. The van der Waals surface area contributed by atoms with Crippen LogP contribution in [0.5, 0.6) is 0 Å². The van der Waals surface area contributed by atoms with E-state index < -0.39 is 7.38 Å². The molecule has 0 radical (unpaired) electrons. The number of hydrogen-bond donors (Lipinski definition) is 0. The summed E-state index contributed by atoms with van der Waals surface area (Å²) in [4.78, 5) is 0. The van der Waals surface area contributed by atoms with Crippen molar-refractivity contribution in [2.45, 2.75) is 78.9 Å². The van der Waals surface area contributed by atoms with Crippen molar-refractivity contribution in [3.63, 3.8) is 0 Å². The predicted octanol–water partition coefficient (Wildman–Crippen LogP) is 6.31. The average molecular weight is 277 g/mol. The predicted molar refractivity (Wildman–Crippen MR) is 84.4 cm³/mol. The first-order chi connectivity index (χ1) is 7.56. The fourth-order valence-corrected chi connectivity index (χ4v) is 10.6. The van der Waals surface area contributed by atoms with Crippen molar-refractivity contribution in [1.82, 2.24) is 0 Å². The molecular formula is C15H33ClSi. The molecule has 0 amide bonds. The second kappa shape index (κ2) is 6.61. The fraction of sp³-hybridized carbons (Fsp3) is 1.00. The van der Waals surface area contributed by atoms with Gasteiger partial charge in [0.2, 0.25) is 0 Å². The summed E-state index contributed by atoms with van der Waals surface area (Å²) in [6.07, 6.45) is 0. The molecule has 0 aromatic rings. The molecular weight excluding hydrogens is 244 g/mol. The summed E-state index contributed by atoms with van der Waals surface area (Å²) >= 11 is 7.31. The summed E-state index contributed by atoms with van der Waals surface area (Å²) in [6, 6.07) is 0. The molecule has 0 rings (SSSR count). The van der Waals surface area contributed by atoms with Crippen LogP contribution in [0.2, 0.25) is 16.6 Å². The Balaban J connectivity index is 5.35. The summed E-state index contributed by atoms with van der Waals surface area (Å²) in [7, 11) is -1.78. The second-order valence-electron chi connectivity index (χ2n) is 6.93. The normalized spacial score (nSPS) is 21.7. The molecule has 3 unspecified atom stereocenters. The molecule has 3 atom stereocenters. The monoisotopic (exact) mass is 276 g/mol. The Bertz CT molecular complexity index is 187. The zero-order valence-corrected chi connectivity index (χ0v) is 15.1. The first-order valence-corrected chi connectivity index (χ1v) is 10.5. The van der Waals surface area contributed by atoms with Crippen LogP contribution in [-0.4, -0.2) is 7.38 Å². The minimum atomic E-state index is -1.78. The van der Waals surface area contributed by atoms with Crippen LogP contribution < -0.4 is 0 Å². The number of hydrogen-bond acceptors (Lipinski definition) is 0. The van der Waals surface area contributed by atoms with E-state index in [1.807, 2.05) is 0 Å². The molecule has 0 fully saturated rings. The van der Waals surface area contributed by atoms with Gasteiger partial charge in [-0.3, -0.25) is 0 Å². The lowest BCUT2D eigenvalue weighted by atomic mass is 10.1. The standard InChI is InChI=1S/C15H33ClSi/c1-10(2)13(7)17(16,14(8)11(3)4)15(9)12(5)6/h10-15H,1-9H3. The molecule has 0 saturated heterocycles. The average Bonchev–Trinajstić information content (AvgIpc) is 2.24. The SMILES string of the molecule is CC(C)C(C)[Si](Cl)(C(C)C(C)C)C(C)C(C)C. The van der Waals surface area contributed by atoms with Crippen LogP contribution >= 0.6 is 11.1 Å². The van der Waals surface area contributed by atoms with Gasteiger partial charge in [0.1, 0.15) is 0 Å². The Hall–Kier alpha value is 0.507. The Labute approximate surface area is 115 Å². The molecule has 0 spiro atoms. The maximum absolute atomic E-state index is 7.31. The van der Waals surface area contributed by atoms with Gasteiger partial charge in [0.25, 0.3) is 0 Å². The lowest BCUT2D eigenvalue weighted by molar-refractivity contribution is 0.511. The van der Waals surface area contributed by atoms with E-state index in [9.17, 15) is 0 Å². The van der Waals surface area contributed by atoms with Crippen LogP contribution in [0.25, 0.3) is 0 Å². The number of halogens is 1. The molecule has 0 N–H and O–H groups in total. The molecule has 17 heavy (non-hydrogen) atoms. The fourth-order valence-electron chi connectivity index (χ4n) is 2.78. The maximum Gasteiger partial charge on any atom is 0.165 e. The van der Waals surface area contributed by atoms with Crippen molar-refractivity contribution in [3.8, 4) is 0 Å². The van der Waals surface area contributed by atoms with Crippen LogP contribution in [0, 0.1) is 17.8 Å². The van der Waals surface area contributed by atoms with Gasteiger partial charge in [-0.2, -0.15) is 11.1 Å². The summed E-state index contributed by atoms with van der Waals surface area (Å²) in [5, 5.41) is 0. The molecule has 0 saturated carbocycles. The second-order valence-corrected chi connectivity index (χ2v) is 13.3. The van der Waals surface area contributed by atoms with E-state index in [0.717, 1.165) is 0 Å². The van der Waals surface area contributed by atoms with E-state index in [0.29, 0.717) is 34.4 Å². The largest absolute Gasteiger partial charge is 0.166 e. The van der Waals surface area contributed by atoms with Crippen molar-refractivity contribution < 1.29 is 0 Å². The van der Waals surface area contributed by atoms with E-state index in [-0.39, 0.29) is 0 Å². The molecule has 104 valence electrons. The molecule has 0 nitrogen and oxygen atoms in total. The van der Waals surface area contributed by atoms with E-state index in [2.05, 4.69) is 62.3 Å². The Morgan fingerprint density at radius 1 is 0.529 bits per heavy atom. The maximum atomic E-state index is 7.31. The third-order valence-corrected chi connectivity index (χ3v) is 14.4. The van der Waals surface area contributed by atoms with Crippen molar-refractivity contribution in [3.05, 3.63) is 0 Å². The quantitative estimate of drug-likeness (QED) is 0.394. The van der Waals surface area contributed by atoms with Gasteiger partial charge < -0.3 is 0 Å². The molecule has 0 aromatic heterocycles. The third kappa shape index (κ3) is 3.73. The number of rotatable bonds is 6. The van der Waals surface area contributed by atoms with Gasteiger partial charge in [-0.25, -0.2) is 0 Å². The third-order valence-electron chi connectivity index (χ3n) is 5.09. The van der Waals surface area contributed by atoms with Crippen molar-refractivity contribution in [2.75, 3.05) is 0 Å². The smallest absolute Gasteiger partial charge is 0.165 e. The van der Waals surface area contributed by atoms with Gasteiger partial charge in [-0.05, 0) is 34.4 Å². The van der Waals surface area contributed by atoms with Crippen LogP contribution in [0.4, 0.5) is 0 Å². The lowest BCUT2D eigenvalue weighted by Crippen LogP contribution is -2.46. The Kier molecular flexibility index (Phi) is 6.81. The van der Waals surface area contributed by atoms with Crippen LogP contribution in [0.1, 0.15) is 62.3 Å². The topological polar surface area (TPSA) is 0 Å². The van der Waals surface area contributed by atoms with Crippen molar-refractivity contribution in [1.29, 1.82) is 0 Å². The molecule has 0 aliphatic rings. The highest BCUT2D eigenvalue weighted by molar-refractivity contribution is 7.22. The van der Waals surface area contributed by atoms with Crippen molar-refractivity contribution in [2.24, 2.45) is 17.8 Å². The molecule has 0 aliphatic carbocycles. The van der Waals surface area contributed by atoms with E-state index >= 15 is 0 Å². The first kappa shape index (κ1) is 17.5. The van der Waals surface area contributed by atoms with Gasteiger partial charge in [0.05, 0.1) is 0 Å². The summed E-state index contributed by atoms with van der Waals surface area (Å²) in [5.41, 5.74) is 2.04. The van der Waals surface area contributed by atoms with Gasteiger partial charge >= 0.3 is 0 Å². The van der Waals surface area contributed by atoms with Crippen LogP contribution in [0.3, 0.4) is 0 Å². The lowest BCUT2D eigenvalue weighted by Gasteiger charge is -2.46. The highest BCUT2D eigenvalue weighted by Crippen LogP contribution is 2.52. The van der Waals surface area contributed by atoms with E-state index in [1.165, 1.54) is 0 Å². The van der Waals surface area contributed by atoms with Gasteiger partial charge in [0, 0.05) is 0 Å². The van der Waals surface area contributed by atoms with Gasteiger partial charge in [-0.1, -0.05) is 62.3 Å².